The standard InChI is InChI=1S/C25H18BrN3O2S/c1-14-22(24(30)29-25-28-20-12-9-16(26)13-21(20)32-25)18-5-3-4-6-19(18)27-23(14)15-7-10-17(31-2)11-8-15/h3-13H,1-2H3,(H,28,29,30). The second-order valence-corrected chi connectivity index (χ2v) is 9.24. The lowest BCUT2D eigenvalue weighted by atomic mass is 9.97. The highest BCUT2D eigenvalue weighted by Crippen LogP contribution is 2.33. The topological polar surface area (TPSA) is 64.1 Å². The van der Waals surface area contributed by atoms with E-state index in [9.17, 15) is 4.79 Å². The largest absolute Gasteiger partial charge is 0.497 e. The first-order valence-corrected chi connectivity index (χ1v) is 11.6. The number of para-hydroxylation sites is 1. The Labute approximate surface area is 197 Å². The van der Waals surface area contributed by atoms with Crippen molar-refractivity contribution in [3.05, 3.63) is 82.3 Å². The third-order valence-electron chi connectivity index (χ3n) is 5.30. The van der Waals surface area contributed by atoms with Crippen molar-refractivity contribution in [2.75, 3.05) is 12.4 Å². The maximum atomic E-state index is 13.5. The number of amides is 1. The molecule has 0 saturated heterocycles. The molecule has 0 bridgehead atoms. The molecule has 0 spiro atoms. The van der Waals surface area contributed by atoms with Crippen molar-refractivity contribution in [1.29, 1.82) is 0 Å². The maximum absolute atomic E-state index is 13.5. The van der Waals surface area contributed by atoms with Gasteiger partial charge >= 0.3 is 0 Å². The number of halogens is 1. The molecular formula is C25H18BrN3O2S. The SMILES string of the molecule is COc1ccc(-c2nc3ccccc3c(C(=O)Nc3nc4ccc(Br)cc4s3)c2C)cc1. The van der Waals surface area contributed by atoms with E-state index < -0.39 is 0 Å². The fourth-order valence-corrected chi connectivity index (χ4v) is 5.15. The Balaban J connectivity index is 1.61. The zero-order chi connectivity index (χ0) is 22.2. The number of nitrogens with zero attached hydrogens (tertiary/aromatic N) is 2. The van der Waals surface area contributed by atoms with Crippen molar-refractivity contribution in [2.24, 2.45) is 0 Å². The fourth-order valence-electron chi connectivity index (χ4n) is 3.74. The van der Waals surface area contributed by atoms with E-state index in [0.29, 0.717) is 10.7 Å². The van der Waals surface area contributed by atoms with Crippen molar-refractivity contribution >= 4 is 59.4 Å². The Hall–Kier alpha value is -3.29. The quantitative estimate of drug-likeness (QED) is 0.291. The van der Waals surface area contributed by atoms with Gasteiger partial charge in [0, 0.05) is 15.4 Å². The Morgan fingerprint density at radius 2 is 1.78 bits per heavy atom. The van der Waals surface area contributed by atoms with Gasteiger partial charge in [-0.05, 0) is 61.0 Å². The second-order valence-electron chi connectivity index (χ2n) is 7.29. The number of pyridine rings is 1. The molecule has 5 rings (SSSR count). The summed E-state index contributed by atoms with van der Waals surface area (Å²) in [4.78, 5) is 22.9. The van der Waals surface area contributed by atoms with Crippen molar-refractivity contribution in [2.45, 2.75) is 6.92 Å². The second kappa shape index (κ2) is 8.33. The average Bonchev–Trinajstić information content (AvgIpc) is 3.19. The lowest BCUT2D eigenvalue weighted by molar-refractivity contribution is 0.102. The minimum absolute atomic E-state index is 0.200. The molecule has 0 atom stereocenters. The first-order valence-electron chi connectivity index (χ1n) is 9.94. The molecule has 0 aliphatic carbocycles. The maximum Gasteiger partial charge on any atom is 0.258 e. The van der Waals surface area contributed by atoms with Gasteiger partial charge in [-0.1, -0.05) is 45.5 Å². The average molecular weight is 504 g/mol. The van der Waals surface area contributed by atoms with Gasteiger partial charge in [0.1, 0.15) is 5.75 Å². The van der Waals surface area contributed by atoms with Crippen LogP contribution in [-0.4, -0.2) is 23.0 Å². The van der Waals surface area contributed by atoms with E-state index in [-0.39, 0.29) is 5.91 Å². The van der Waals surface area contributed by atoms with Crippen LogP contribution in [0.15, 0.2) is 71.2 Å². The van der Waals surface area contributed by atoms with Gasteiger partial charge in [-0.25, -0.2) is 9.97 Å². The first-order chi connectivity index (χ1) is 15.5. The molecule has 2 aromatic heterocycles. The number of methoxy groups -OCH3 is 1. The van der Waals surface area contributed by atoms with E-state index >= 15 is 0 Å². The lowest BCUT2D eigenvalue weighted by Crippen LogP contribution is -2.15. The van der Waals surface area contributed by atoms with Crippen LogP contribution < -0.4 is 10.1 Å². The number of fused-ring (bicyclic) bond motifs is 2. The van der Waals surface area contributed by atoms with E-state index in [1.807, 2.05) is 73.7 Å². The third kappa shape index (κ3) is 3.74. The molecule has 0 unspecified atom stereocenters. The van der Waals surface area contributed by atoms with Gasteiger partial charge in [-0.3, -0.25) is 10.1 Å². The van der Waals surface area contributed by atoms with Crippen LogP contribution in [0.25, 0.3) is 32.4 Å². The minimum atomic E-state index is -0.200. The molecule has 0 aliphatic rings. The molecule has 1 amide bonds. The van der Waals surface area contributed by atoms with Crippen molar-refractivity contribution in [3.8, 4) is 17.0 Å². The van der Waals surface area contributed by atoms with Gasteiger partial charge in [0.2, 0.25) is 0 Å². The molecule has 0 saturated carbocycles. The summed E-state index contributed by atoms with van der Waals surface area (Å²) < 4.78 is 7.26. The molecule has 2 heterocycles. The van der Waals surface area contributed by atoms with Crippen molar-refractivity contribution in [3.63, 3.8) is 0 Å². The van der Waals surface area contributed by atoms with Crippen LogP contribution in [0.4, 0.5) is 5.13 Å². The number of carbonyl (C=O) groups is 1. The Morgan fingerprint density at radius 1 is 1.00 bits per heavy atom. The Morgan fingerprint density at radius 3 is 2.56 bits per heavy atom. The van der Waals surface area contributed by atoms with E-state index in [4.69, 9.17) is 9.72 Å². The molecule has 3 aromatic carbocycles. The van der Waals surface area contributed by atoms with Crippen LogP contribution in [0, 0.1) is 6.92 Å². The molecule has 1 N–H and O–H groups in total. The van der Waals surface area contributed by atoms with Crippen molar-refractivity contribution < 1.29 is 9.53 Å². The summed E-state index contributed by atoms with van der Waals surface area (Å²) in [7, 11) is 1.64. The van der Waals surface area contributed by atoms with Gasteiger partial charge < -0.3 is 4.74 Å². The Kier molecular flexibility index (Phi) is 5.36. The number of carbonyl (C=O) groups excluding carboxylic acids is 1. The van der Waals surface area contributed by atoms with E-state index in [0.717, 1.165) is 48.2 Å². The Bertz CT molecular complexity index is 1480. The number of hydrogen-bond donors (Lipinski definition) is 1. The van der Waals surface area contributed by atoms with Gasteiger partial charge in [0.05, 0.1) is 34.1 Å². The normalized spacial score (nSPS) is 11.1. The molecule has 5 nitrogen and oxygen atoms in total. The van der Waals surface area contributed by atoms with Gasteiger partial charge in [0.15, 0.2) is 5.13 Å². The number of hydrogen-bond acceptors (Lipinski definition) is 5. The lowest BCUT2D eigenvalue weighted by Gasteiger charge is -2.14. The zero-order valence-corrected chi connectivity index (χ0v) is 19.8. The molecule has 0 radical (unpaired) electrons. The van der Waals surface area contributed by atoms with Crippen LogP contribution in [-0.2, 0) is 0 Å². The number of rotatable bonds is 4. The summed E-state index contributed by atoms with van der Waals surface area (Å²) >= 11 is 4.93. The van der Waals surface area contributed by atoms with Crippen LogP contribution in [0.1, 0.15) is 15.9 Å². The van der Waals surface area contributed by atoms with E-state index in [1.165, 1.54) is 11.3 Å². The summed E-state index contributed by atoms with van der Waals surface area (Å²) in [5, 5.41) is 4.38. The summed E-state index contributed by atoms with van der Waals surface area (Å²) in [6, 6.07) is 21.3. The van der Waals surface area contributed by atoms with Crippen LogP contribution in [0.5, 0.6) is 5.75 Å². The van der Waals surface area contributed by atoms with Gasteiger partial charge in [-0.2, -0.15) is 0 Å². The van der Waals surface area contributed by atoms with Gasteiger partial charge in [0.25, 0.3) is 5.91 Å². The van der Waals surface area contributed by atoms with E-state index in [2.05, 4.69) is 26.2 Å². The molecule has 0 aliphatic heterocycles. The predicted molar refractivity (Wildman–Crippen MR) is 134 cm³/mol. The molecule has 7 heteroatoms. The fraction of sp³-hybridized carbons (Fsp3) is 0.0800. The molecule has 158 valence electrons. The molecule has 0 fully saturated rings. The summed E-state index contributed by atoms with van der Waals surface area (Å²) in [5.74, 6) is 0.571. The summed E-state index contributed by atoms with van der Waals surface area (Å²) in [5.41, 5.74) is 4.72. The number of aromatic nitrogens is 2. The first kappa shape index (κ1) is 20.6. The van der Waals surface area contributed by atoms with Crippen LogP contribution >= 0.6 is 27.3 Å². The van der Waals surface area contributed by atoms with Crippen molar-refractivity contribution in [1.82, 2.24) is 9.97 Å². The van der Waals surface area contributed by atoms with E-state index in [1.54, 1.807) is 7.11 Å². The highest BCUT2D eigenvalue weighted by atomic mass is 79.9. The summed E-state index contributed by atoms with van der Waals surface area (Å²) in [6.45, 7) is 1.93. The van der Waals surface area contributed by atoms with Gasteiger partial charge in [-0.15, -0.1) is 0 Å². The number of benzene rings is 3. The minimum Gasteiger partial charge on any atom is -0.497 e. The molecule has 5 aromatic rings. The monoisotopic (exact) mass is 503 g/mol. The van der Waals surface area contributed by atoms with Crippen LogP contribution in [0.2, 0.25) is 0 Å². The number of ether oxygens (including phenoxy) is 1. The highest BCUT2D eigenvalue weighted by Gasteiger charge is 2.20. The smallest absolute Gasteiger partial charge is 0.258 e. The number of thiazole rings is 1. The summed E-state index contributed by atoms with van der Waals surface area (Å²) in [6.07, 6.45) is 0. The van der Waals surface area contributed by atoms with Crippen LogP contribution in [0.3, 0.4) is 0 Å². The highest BCUT2D eigenvalue weighted by molar-refractivity contribution is 9.10. The number of anilines is 1. The predicted octanol–water partition coefficient (Wildman–Crippen LogP) is 6.84. The molecule has 32 heavy (non-hydrogen) atoms. The third-order valence-corrected chi connectivity index (χ3v) is 6.72. The zero-order valence-electron chi connectivity index (χ0n) is 17.3. The number of nitrogens with one attached hydrogen (secondary N) is 1. The molecular weight excluding hydrogens is 486 g/mol.